The molecule has 3 aromatic rings. The van der Waals surface area contributed by atoms with Crippen LogP contribution in [0.1, 0.15) is 18.4 Å². The number of carbonyl (C=O) groups excluding carboxylic acids is 1. The van der Waals surface area contributed by atoms with E-state index in [1.54, 1.807) is 7.11 Å². The summed E-state index contributed by atoms with van der Waals surface area (Å²) in [6.45, 7) is 3.40. The third kappa shape index (κ3) is 4.48. The Morgan fingerprint density at radius 1 is 1.20 bits per heavy atom. The standard InChI is InChI=1S/C22H23BrN4O3/c1-14-3-8-19(18(23)13-14)24-21(28)16-9-11-27(12-10-16)22-25-20(26-30-22)15-4-6-17(29-2)7-5-15/h3-8,13,16H,9-12H2,1-2H3,(H,24,28). The van der Waals surface area contributed by atoms with Crippen molar-refractivity contribution in [3.05, 3.63) is 52.5 Å². The third-order valence-electron chi connectivity index (χ3n) is 5.28. The van der Waals surface area contributed by atoms with Crippen LogP contribution in [0.3, 0.4) is 0 Å². The van der Waals surface area contributed by atoms with Gasteiger partial charge in [0.05, 0.1) is 12.8 Å². The van der Waals surface area contributed by atoms with Gasteiger partial charge >= 0.3 is 6.01 Å². The first-order chi connectivity index (χ1) is 14.5. The molecule has 8 heteroatoms. The van der Waals surface area contributed by atoms with Gasteiger partial charge < -0.3 is 19.5 Å². The molecule has 1 amide bonds. The average Bonchev–Trinajstić information content (AvgIpc) is 3.26. The molecule has 1 N–H and O–H groups in total. The van der Waals surface area contributed by atoms with Crippen molar-refractivity contribution in [2.45, 2.75) is 19.8 Å². The van der Waals surface area contributed by atoms with Gasteiger partial charge in [-0.2, -0.15) is 4.98 Å². The molecule has 2 aromatic carbocycles. The van der Waals surface area contributed by atoms with Crippen molar-refractivity contribution in [3.63, 3.8) is 0 Å². The number of piperidine rings is 1. The highest BCUT2D eigenvalue weighted by Crippen LogP contribution is 2.28. The molecule has 1 fully saturated rings. The van der Waals surface area contributed by atoms with Crippen LogP contribution in [0.15, 0.2) is 51.5 Å². The summed E-state index contributed by atoms with van der Waals surface area (Å²) in [7, 11) is 1.63. The van der Waals surface area contributed by atoms with E-state index in [0.717, 1.165) is 39.9 Å². The molecule has 7 nitrogen and oxygen atoms in total. The molecule has 1 aliphatic heterocycles. The van der Waals surface area contributed by atoms with Gasteiger partial charge in [-0.15, -0.1) is 0 Å². The normalized spacial score (nSPS) is 14.6. The van der Waals surface area contributed by atoms with Crippen molar-refractivity contribution in [3.8, 4) is 17.1 Å². The molecule has 30 heavy (non-hydrogen) atoms. The van der Waals surface area contributed by atoms with Crippen molar-refractivity contribution < 1.29 is 14.1 Å². The van der Waals surface area contributed by atoms with Crippen LogP contribution < -0.4 is 15.0 Å². The molecule has 0 spiro atoms. The van der Waals surface area contributed by atoms with E-state index >= 15 is 0 Å². The number of carbonyl (C=O) groups is 1. The van der Waals surface area contributed by atoms with Crippen LogP contribution in [0, 0.1) is 12.8 Å². The maximum absolute atomic E-state index is 12.7. The Labute approximate surface area is 183 Å². The molecule has 1 aliphatic rings. The number of amides is 1. The number of halogens is 1. The van der Waals surface area contributed by atoms with Gasteiger partial charge in [0.15, 0.2) is 0 Å². The van der Waals surface area contributed by atoms with Gasteiger partial charge in [-0.3, -0.25) is 4.79 Å². The first-order valence-corrected chi connectivity index (χ1v) is 10.6. The number of ether oxygens (including phenoxy) is 1. The lowest BCUT2D eigenvalue weighted by Crippen LogP contribution is -2.38. The van der Waals surface area contributed by atoms with Gasteiger partial charge in [0, 0.05) is 29.0 Å². The van der Waals surface area contributed by atoms with Gasteiger partial charge in [-0.05, 0) is 77.7 Å². The fraction of sp³-hybridized carbons (Fsp3) is 0.318. The number of hydrogen-bond acceptors (Lipinski definition) is 6. The summed E-state index contributed by atoms with van der Waals surface area (Å²) in [5, 5.41) is 7.12. The van der Waals surface area contributed by atoms with E-state index in [1.807, 2.05) is 54.3 Å². The average molecular weight is 471 g/mol. The highest BCUT2D eigenvalue weighted by Gasteiger charge is 2.28. The van der Waals surface area contributed by atoms with Crippen molar-refractivity contribution in [2.24, 2.45) is 5.92 Å². The second-order valence-electron chi connectivity index (χ2n) is 7.36. The summed E-state index contributed by atoms with van der Waals surface area (Å²) in [4.78, 5) is 19.2. The summed E-state index contributed by atoms with van der Waals surface area (Å²) < 4.78 is 11.5. The summed E-state index contributed by atoms with van der Waals surface area (Å²) in [5.41, 5.74) is 2.81. The highest BCUT2D eigenvalue weighted by molar-refractivity contribution is 9.10. The molecule has 0 bridgehead atoms. The Kier molecular flexibility index (Phi) is 6.03. The molecule has 1 saturated heterocycles. The zero-order valence-electron chi connectivity index (χ0n) is 16.9. The molecule has 0 radical (unpaired) electrons. The van der Waals surface area contributed by atoms with Crippen LogP contribution in [0.25, 0.3) is 11.4 Å². The minimum Gasteiger partial charge on any atom is -0.497 e. The SMILES string of the molecule is COc1ccc(-c2noc(N3CCC(C(=O)Nc4ccc(C)cc4Br)CC3)n2)cc1. The molecular weight excluding hydrogens is 448 g/mol. The summed E-state index contributed by atoms with van der Waals surface area (Å²) in [5.74, 6) is 1.32. The Balaban J connectivity index is 1.35. The molecule has 0 unspecified atom stereocenters. The third-order valence-corrected chi connectivity index (χ3v) is 5.94. The maximum atomic E-state index is 12.7. The van der Waals surface area contributed by atoms with E-state index in [1.165, 1.54) is 0 Å². The number of benzene rings is 2. The van der Waals surface area contributed by atoms with Gasteiger partial charge in [0.2, 0.25) is 11.7 Å². The molecule has 0 saturated carbocycles. The van der Waals surface area contributed by atoms with Gasteiger partial charge in [0.1, 0.15) is 5.75 Å². The molecule has 0 atom stereocenters. The minimum atomic E-state index is -0.0431. The number of aryl methyl sites for hydroxylation is 1. The quantitative estimate of drug-likeness (QED) is 0.583. The number of hydrogen-bond donors (Lipinski definition) is 1. The van der Waals surface area contributed by atoms with Crippen molar-refractivity contribution in [1.29, 1.82) is 0 Å². The second-order valence-corrected chi connectivity index (χ2v) is 8.22. The van der Waals surface area contributed by atoms with E-state index in [9.17, 15) is 4.79 Å². The molecular formula is C22H23BrN4O3. The van der Waals surface area contributed by atoms with Crippen LogP contribution >= 0.6 is 15.9 Å². The van der Waals surface area contributed by atoms with Crippen LogP contribution in [-0.2, 0) is 4.79 Å². The topological polar surface area (TPSA) is 80.5 Å². The Bertz CT molecular complexity index is 1030. The molecule has 4 rings (SSSR count). The monoisotopic (exact) mass is 470 g/mol. The summed E-state index contributed by atoms with van der Waals surface area (Å²) in [6, 6.07) is 13.9. The minimum absolute atomic E-state index is 0.0431. The van der Waals surface area contributed by atoms with Gasteiger partial charge in [-0.25, -0.2) is 0 Å². The Morgan fingerprint density at radius 2 is 1.93 bits per heavy atom. The Hall–Kier alpha value is -2.87. The van der Waals surface area contributed by atoms with Crippen LogP contribution in [0.5, 0.6) is 5.75 Å². The van der Waals surface area contributed by atoms with Crippen molar-refractivity contribution >= 4 is 33.5 Å². The number of anilines is 2. The predicted octanol–water partition coefficient (Wildman–Crippen LogP) is 4.67. The second kappa shape index (κ2) is 8.87. The summed E-state index contributed by atoms with van der Waals surface area (Å²) >= 11 is 3.51. The lowest BCUT2D eigenvalue weighted by Gasteiger charge is -2.29. The largest absolute Gasteiger partial charge is 0.497 e. The fourth-order valence-corrected chi connectivity index (χ4v) is 4.08. The lowest BCUT2D eigenvalue weighted by molar-refractivity contribution is -0.120. The van der Waals surface area contributed by atoms with Crippen molar-refractivity contribution in [2.75, 3.05) is 30.4 Å². The van der Waals surface area contributed by atoms with E-state index in [2.05, 4.69) is 31.4 Å². The number of aromatic nitrogens is 2. The smallest absolute Gasteiger partial charge is 0.324 e. The van der Waals surface area contributed by atoms with E-state index in [-0.39, 0.29) is 11.8 Å². The van der Waals surface area contributed by atoms with E-state index in [0.29, 0.717) is 24.9 Å². The number of rotatable bonds is 5. The van der Waals surface area contributed by atoms with Crippen LogP contribution in [0.2, 0.25) is 0 Å². The van der Waals surface area contributed by atoms with Crippen LogP contribution in [-0.4, -0.2) is 36.2 Å². The first kappa shape index (κ1) is 20.4. The molecule has 0 aliphatic carbocycles. The number of nitrogens with zero attached hydrogens (tertiary/aromatic N) is 3. The zero-order valence-corrected chi connectivity index (χ0v) is 18.5. The van der Waals surface area contributed by atoms with Crippen LogP contribution in [0.4, 0.5) is 11.7 Å². The highest BCUT2D eigenvalue weighted by atomic mass is 79.9. The number of nitrogens with one attached hydrogen (secondary N) is 1. The van der Waals surface area contributed by atoms with E-state index in [4.69, 9.17) is 9.26 Å². The van der Waals surface area contributed by atoms with Gasteiger partial charge in [0.25, 0.3) is 0 Å². The molecule has 1 aromatic heterocycles. The number of methoxy groups -OCH3 is 1. The molecule has 2 heterocycles. The zero-order chi connectivity index (χ0) is 21.1. The maximum Gasteiger partial charge on any atom is 0.324 e. The molecule has 156 valence electrons. The Morgan fingerprint density at radius 3 is 2.60 bits per heavy atom. The summed E-state index contributed by atoms with van der Waals surface area (Å²) in [6.07, 6.45) is 1.46. The first-order valence-electron chi connectivity index (χ1n) is 9.83. The van der Waals surface area contributed by atoms with Gasteiger partial charge in [-0.1, -0.05) is 11.2 Å². The lowest BCUT2D eigenvalue weighted by atomic mass is 9.96. The fourth-order valence-electron chi connectivity index (χ4n) is 3.49. The van der Waals surface area contributed by atoms with Crippen molar-refractivity contribution in [1.82, 2.24) is 10.1 Å². The van der Waals surface area contributed by atoms with E-state index < -0.39 is 0 Å². The predicted molar refractivity (Wildman–Crippen MR) is 119 cm³/mol.